The van der Waals surface area contributed by atoms with E-state index >= 15 is 0 Å². The highest BCUT2D eigenvalue weighted by molar-refractivity contribution is 5.93. The number of benzene rings is 1. The molecule has 4 nitrogen and oxygen atoms in total. The second-order valence-electron chi connectivity index (χ2n) is 5.29. The normalized spacial score (nSPS) is 17.7. The molecule has 2 rings (SSSR count). The summed E-state index contributed by atoms with van der Waals surface area (Å²) in [7, 11) is 0. The molecule has 0 N–H and O–H groups in total. The lowest BCUT2D eigenvalue weighted by molar-refractivity contribution is -0.129. The SMILES string of the molecule is C=C(CC)CCC(=O)N1C(=O)OC[C@H]1Cc1ccccc1. The molecule has 0 saturated carbocycles. The number of hydrogen-bond acceptors (Lipinski definition) is 3. The van der Waals surface area contributed by atoms with Crippen LogP contribution in [0.15, 0.2) is 42.5 Å². The minimum Gasteiger partial charge on any atom is -0.447 e. The molecule has 1 saturated heterocycles. The molecule has 0 radical (unpaired) electrons. The number of rotatable bonds is 6. The molecule has 4 heteroatoms. The quantitative estimate of drug-likeness (QED) is 0.754. The standard InChI is InChI=1S/C17H21NO3/c1-3-13(2)9-10-16(19)18-15(12-21-17(18)20)11-14-7-5-4-6-8-14/h4-8,15H,2-3,9-12H2,1H3/t15-/m1/s1. The van der Waals surface area contributed by atoms with Crippen LogP contribution in [0.2, 0.25) is 0 Å². The molecule has 1 aromatic rings. The van der Waals surface area contributed by atoms with Crippen molar-refractivity contribution < 1.29 is 14.3 Å². The van der Waals surface area contributed by atoms with Gasteiger partial charge in [0.25, 0.3) is 0 Å². The van der Waals surface area contributed by atoms with Gasteiger partial charge in [0.05, 0.1) is 6.04 Å². The molecular formula is C17H21NO3. The summed E-state index contributed by atoms with van der Waals surface area (Å²) in [6.45, 7) is 6.17. The molecule has 2 amide bonds. The Morgan fingerprint density at radius 3 is 2.71 bits per heavy atom. The molecule has 1 aliphatic heterocycles. The summed E-state index contributed by atoms with van der Waals surface area (Å²) in [4.78, 5) is 25.3. The molecule has 21 heavy (non-hydrogen) atoms. The van der Waals surface area contributed by atoms with Crippen molar-refractivity contribution in [3.63, 3.8) is 0 Å². The minimum absolute atomic E-state index is 0.173. The van der Waals surface area contributed by atoms with Crippen LogP contribution in [-0.4, -0.2) is 29.5 Å². The van der Waals surface area contributed by atoms with Gasteiger partial charge in [-0.05, 0) is 24.8 Å². The summed E-state index contributed by atoms with van der Waals surface area (Å²) in [5, 5.41) is 0. The van der Waals surface area contributed by atoms with Gasteiger partial charge in [-0.3, -0.25) is 4.79 Å². The first kappa shape index (κ1) is 15.3. The maximum atomic E-state index is 12.3. The van der Waals surface area contributed by atoms with Crippen LogP contribution < -0.4 is 0 Å². The molecule has 0 bridgehead atoms. The third kappa shape index (κ3) is 3.94. The van der Waals surface area contributed by atoms with Crippen molar-refractivity contribution >= 4 is 12.0 Å². The van der Waals surface area contributed by atoms with E-state index in [2.05, 4.69) is 6.58 Å². The second-order valence-corrected chi connectivity index (χ2v) is 5.29. The van der Waals surface area contributed by atoms with E-state index in [9.17, 15) is 9.59 Å². The van der Waals surface area contributed by atoms with Gasteiger partial charge in [0.1, 0.15) is 6.61 Å². The summed E-state index contributed by atoms with van der Waals surface area (Å²) < 4.78 is 5.05. The van der Waals surface area contributed by atoms with Crippen molar-refractivity contribution in [2.75, 3.05) is 6.61 Å². The molecule has 0 unspecified atom stereocenters. The summed E-state index contributed by atoms with van der Waals surface area (Å²) in [6, 6.07) is 9.62. The first-order valence-electron chi connectivity index (χ1n) is 7.31. The lowest BCUT2D eigenvalue weighted by atomic mass is 10.0. The lowest BCUT2D eigenvalue weighted by Crippen LogP contribution is -2.40. The minimum atomic E-state index is -0.525. The van der Waals surface area contributed by atoms with Crippen molar-refractivity contribution in [3.8, 4) is 0 Å². The molecule has 0 aliphatic carbocycles. The van der Waals surface area contributed by atoms with Crippen LogP contribution in [0, 0.1) is 0 Å². The number of imide groups is 1. The van der Waals surface area contributed by atoms with E-state index in [0.29, 0.717) is 19.3 Å². The number of carbonyl (C=O) groups excluding carboxylic acids is 2. The van der Waals surface area contributed by atoms with E-state index in [1.54, 1.807) is 0 Å². The highest BCUT2D eigenvalue weighted by atomic mass is 16.6. The fraction of sp³-hybridized carbons (Fsp3) is 0.412. The Bertz CT molecular complexity index is 524. The monoisotopic (exact) mass is 287 g/mol. The van der Waals surface area contributed by atoms with Crippen molar-refractivity contribution in [1.29, 1.82) is 0 Å². The summed E-state index contributed by atoms with van der Waals surface area (Å²) in [6.07, 6.45) is 1.89. The predicted octanol–water partition coefficient (Wildman–Crippen LogP) is 3.32. The Morgan fingerprint density at radius 2 is 2.05 bits per heavy atom. The predicted molar refractivity (Wildman–Crippen MR) is 80.8 cm³/mol. The van der Waals surface area contributed by atoms with Crippen molar-refractivity contribution in [3.05, 3.63) is 48.0 Å². The zero-order valence-electron chi connectivity index (χ0n) is 12.4. The average Bonchev–Trinajstić information content (AvgIpc) is 2.86. The maximum absolute atomic E-state index is 12.3. The zero-order valence-corrected chi connectivity index (χ0v) is 12.4. The molecule has 1 aliphatic rings. The fourth-order valence-corrected chi connectivity index (χ4v) is 2.38. The van der Waals surface area contributed by atoms with Gasteiger partial charge in [0, 0.05) is 6.42 Å². The van der Waals surface area contributed by atoms with E-state index in [4.69, 9.17) is 4.74 Å². The number of hydrogen-bond donors (Lipinski definition) is 0. The Hall–Kier alpha value is -2.10. The molecule has 1 fully saturated rings. The summed E-state index contributed by atoms with van der Waals surface area (Å²) in [5.41, 5.74) is 2.12. The van der Waals surface area contributed by atoms with E-state index in [0.717, 1.165) is 17.6 Å². The largest absolute Gasteiger partial charge is 0.447 e. The molecular weight excluding hydrogens is 266 g/mol. The Labute approximate surface area is 125 Å². The topological polar surface area (TPSA) is 46.6 Å². The number of ether oxygens (including phenoxy) is 1. The third-order valence-corrected chi connectivity index (χ3v) is 3.74. The smallest absolute Gasteiger partial charge is 0.416 e. The fourth-order valence-electron chi connectivity index (χ4n) is 2.38. The van der Waals surface area contributed by atoms with Crippen molar-refractivity contribution in [2.24, 2.45) is 0 Å². The van der Waals surface area contributed by atoms with E-state index in [1.807, 2.05) is 37.3 Å². The third-order valence-electron chi connectivity index (χ3n) is 3.74. The summed E-state index contributed by atoms with van der Waals surface area (Å²) >= 11 is 0. The van der Waals surface area contributed by atoms with Crippen LogP contribution in [0.25, 0.3) is 0 Å². The van der Waals surface area contributed by atoms with Crippen molar-refractivity contribution in [1.82, 2.24) is 4.90 Å². The van der Waals surface area contributed by atoms with Crippen LogP contribution in [0.1, 0.15) is 31.7 Å². The number of nitrogens with zero attached hydrogens (tertiary/aromatic N) is 1. The lowest BCUT2D eigenvalue weighted by Gasteiger charge is -2.19. The Morgan fingerprint density at radius 1 is 1.33 bits per heavy atom. The van der Waals surface area contributed by atoms with Gasteiger partial charge >= 0.3 is 6.09 Å². The zero-order chi connectivity index (χ0) is 15.2. The average molecular weight is 287 g/mol. The van der Waals surface area contributed by atoms with Gasteiger partial charge in [0.15, 0.2) is 0 Å². The molecule has 0 spiro atoms. The number of carbonyl (C=O) groups is 2. The highest BCUT2D eigenvalue weighted by Gasteiger charge is 2.37. The number of allylic oxidation sites excluding steroid dienone is 1. The second kappa shape index (κ2) is 7.07. The van der Waals surface area contributed by atoms with E-state index < -0.39 is 6.09 Å². The summed E-state index contributed by atoms with van der Waals surface area (Å²) in [5.74, 6) is -0.173. The number of amides is 2. The van der Waals surface area contributed by atoms with Crippen LogP contribution >= 0.6 is 0 Å². The molecule has 1 atom stereocenters. The van der Waals surface area contributed by atoms with Gasteiger partial charge in [-0.1, -0.05) is 49.4 Å². The molecule has 1 aromatic carbocycles. The first-order valence-corrected chi connectivity index (χ1v) is 7.31. The van der Waals surface area contributed by atoms with Crippen LogP contribution in [0.3, 0.4) is 0 Å². The highest BCUT2D eigenvalue weighted by Crippen LogP contribution is 2.19. The maximum Gasteiger partial charge on any atom is 0.416 e. The van der Waals surface area contributed by atoms with Gasteiger partial charge in [-0.2, -0.15) is 0 Å². The molecule has 0 aromatic heterocycles. The Balaban J connectivity index is 1.99. The Kier molecular flexibility index (Phi) is 5.14. The molecule has 112 valence electrons. The van der Waals surface area contributed by atoms with Gasteiger partial charge in [0.2, 0.25) is 5.91 Å². The van der Waals surface area contributed by atoms with Gasteiger partial charge in [-0.15, -0.1) is 0 Å². The van der Waals surface area contributed by atoms with E-state index in [1.165, 1.54) is 4.90 Å². The van der Waals surface area contributed by atoms with Crippen molar-refractivity contribution in [2.45, 2.75) is 38.6 Å². The first-order chi connectivity index (χ1) is 10.1. The van der Waals surface area contributed by atoms with Crippen LogP contribution in [0.5, 0.6) is 0 Å². The van der Waals surface area contributed by atoms with Gasteiger partial charge < -0.3 is 4.74 Å². The van der Waals surface area contributed by atoms with Crippen LogP contribution in [0.4, 0.5) is 4.79 Å². The number of cyclic esters (lactones) is 1. The molecule has 1 heterocycles. The van der Waals surface area contributed by atoms with E-state index in [-0.39, 0.29) is 18.6 Å². The van der Waals surface area contributed by atoms with Crippen LogP contribution in [-0.2, 0) is 16.0 Å². The van der Waals surface area contributed by atoms with Gasteiger partial charge in [-0.25, -0.2) is 9.69 Å².